The highest BCUT2D eigenvalue weighted by Gasteiger charge is 2.30. The van der Waals surface area contributed by atoms with Crippen LogP contribution in [0.15, 0.2) is 42.7 Å². The van der Waals surface area contributed by atoms with Gasteiger partial charge in [0.05, 0.1) is 18.1 Å². The number of anilines is 1. The maximum Gasteiger partial charge on any atom is 0.272 e. The lowest BCUT2D eigenvalue weighted by atomic mass is 10.1. The Kier molecular flexibility index (Phi) is 4.52. The Bertz CT molecular complexity index is 1020. The van der Waals surface area contributed by atoms with E-state index in [1.54, 1.807) is 18.2 Å². The van der Waals surface area contributed by atoms with Crippen molar-refractivity contribution in [1.82, 2.24) is 25.1 Å². The summed E-state index contributed by atoms with van der Waals surface area (Å²) in [6.45, 7) is 0.288. The summed E-state index contributed by atoms with van der Waals surface area (Å²) < 4.78 is 26.0. The van der Waals surface area contributed by atoms with Gasteiger partial charge in [0.15, 0.2) is 5.82 Å². The van der Waals surface area contributed by atoms with Crippen LogP contribution in [-0.4, -0.2) is 56.5 Å². The topological polar surface area (TPSA) is 95.1 Å². The maximum atomic E-state index is 13.0. The molecule has 0 spiro atoms. The molecule has 0 aliphatic carbocycles. The van der Waals surface area contributed by atoms with E-state index in [4.69, 9.17) is 0 Å². The smallest absolute Gasteiger partial charge is 0.272 e. The highest BCUT2D eigenvalue weighted by atomic mass is 19.1. The molecule has 1 aliphatic rings. The number of amides is 2. The number of carbonyl (C=O) groups excluding carboxylic acids is 2. The number of nitrogens with zero attached hydrogens (tertiary/aromatic N) is 5. The summed E-state index contributed by atoms with van der Waals surface area (Å²) >= 11 is 0. The van der Waals surface area contributed by atoms with E-state index in [1.807, 2.05) is 0 Å². The first kappa shape index (κ1) is 17.7. The number of piperazine rings is 1. The second-order valence-electron chi connectivity index (χ2n) is 6.15. The molecule has 0 atom stereocenters. The molecule has 0 saturated carbocycles. The second-order valence-corrected chi connectivity index (χ2v) is 6.15. The van der Waals surface area contributed by atoms with Crippen LogP contribution < -0.4 is 4.90 Å². The van der Waals surface area contributed by atoms with Gasteiger partial charge in [-0.05, 0) is 30.3 Å². The molecule has 2 aromatic heterocycles. The van der Waals surface area contributed by atoms with E-state index in [9.17, 15) is 18.4 Å². The molecule has 2 amide bonds. The number of halogens is 2. The molecule has 1 aliphatic heterocycles. The van der Waals surface area contributed by atoms with Crippen molar-refractivity contribution in [1.29, 1.82) is 0 Å². The van der Waals surface area contributed by atoms with Crippen LogP contribution in [0.3, 0.4) is 0 Å². The zero-order valence-electron chi connectivity index (χ0n) is 14.5. The van der Waals surface area contributed by atoms with Crippen LogP contribution in [-0.2, 0) is 4.79 Å². The SMILES string of the molecule is O=C(c1cc(-c2ccc(F)cc2)n[nH]1)N1CCN(c2ncc(F)cn2)C(=O)C1. The van der Waals surface area contributed by atoms with Crippen molar-refractivity contribution in [2.45, 2.75) is 0 Å². The van der Waals surface area contributed by atoms with Gasteiger partial charge in [-0.2, -0.15) is 5.10 Å². The summed E-state index contributed by atoms with van der Waals surface area (Å²) in [6, 6.07) is 7.28. The zero-order valence-corrected chi connectivity index (χ0v) is 14.5. The van der Waals surface area contributed by atoms with E-state index >= 15 is 0 Å². The summed E-state index contributed by atoms with van der Waals surface area (Å²) in [7, 11) is 0. The number of aromatic amines is 1. The highest BCUT2D eigenvalue weighted by Crippen LogP contribution is 2.20. The van der Waals surface area contributed by atoms with Crippen molar-refractivity contribution in [3.8, 4) is 11.3 Å². The van der Waals surface area contributed by atoms with Crippen molar-refractivity contribution < 1.29 is 18.4 Å². The third kappa shape index (κ3) is 3.43. The molecular formula is C18H14F2N6O2. The molecule has 8 nitrogen and oxygen atoms in total. The lowest BCUT2D eigenvalue weighted by Crippen LogP contribution is -2.53. The number of H-pyrrole nitrogens is 1. The van der Waals surface area contributed by atoms with Crippen LogP contribution in [0, 0.1) is 11.6 Å². The Balaban J connectivity index is 1.46. The minimum Gasteiger partial charge on any atom is -0.326 e. The number of hydrogen-bond acceptors (Lipinski definition) is 5. The lowest BCUT2D eigenvalue weighted by Gasteiger charge is -2.32. The molecule has 3 aromatic rings. The van der Waals surface area contributed by atoms with Gasteiger partial charge in [0.2, 0.25) is 11.9 Å². The van der Waals surface area contributed by atoms with Crippen molar-refractivity contribution in [3.63, 3.8) is 0 Å². The van der Waals surface area contributed by atoms with Gasteiger partial charge in [0.1, 0.15) is 18.1 Å². The Morgan fingerprint density at radius 1 is 1.04 bits per heavy atom. The quantitative estimate of drug-likeness (QED) is 0.741. The molecule has 1 fully saturated rings. The molecule has 142 valence electrons. The van der Waals surface area contributed by atoms with Crippen molar-refractivity contribution in [2.24, 2.45) is 0 Å². The molecule has 1 saturated heterocycles. The third-order valence-corrected chi connectivity index (χ3v) is 4.30. The molecule has 4 rings (SSSR count). The molecule has 10 heteroatoms. The Hall–Kier alpha value is -3.69. The Labute approximate surface area is 157 Å². The third-order valence-electron chi connectivity index (χ3n) is 4.30. The fraction of sp³-hybridized carbons (Fsp3) is 0.167. The molecule has 0 bridgehead atoms. The van der Waals surface area contributed by atoms with Gasteiger partial charge in [0, 0.05) is 18.7 Å². The van der Waals surface area contributed by atoms with Crippen molar-refractivity contribution in [2.75, 3.05) is 24.5 Å². The summed E-state index contributed by atoms with van der Waals surface area (Å²) in [5.41, 5.74) is 1.37. The van der Waals surface area contributed by atoms with E-state index in [1.165, 1.54) is 21.9 Å². The second kappa shape index (κ2) is 7.14. The molecule has 0 radical (unpaired) electrons. The van der Waals surface area contributed by atoms with E-state index < -0.39 is 5.82 Å². The van der Waals surface area contributed by atoms with E-state index in [2.05, 4.69) is 20.2 Å². The van der Waals surface area contributed by atoms with E-state index in [0.29, 0.717) is 11.3 Å². The zero-order chi connectivity index (χ0) is 19.7. The normalized spacial score (nSPS) is 14.4. The van der Waals surface area contributed by atoms with Gasteiger partial charge >= 0.3 is 0 Å². The Morgan fingerprint density at radius 3 is 2.43 bits per heavy atom. The standard InChI is InChI=1S/C18H14F2N6O2/c19-12-3-1-11(2-4-12)14-7-15(24-23-14)17(28)25-5-6-26(16(27)10-25)18-21-8-13(20)9-22-18/h1-4,7-9H,5-6,10H2,(H,23,24). The minimum atomic E-state index is -0.596. The van der Waals surface area contributed by atoms with Gasteiger partial charge in [-0.15, -0.1) is 0 Å². The van der Waals surface area contributed by atoms with Crippen LogP contribution >= 0.6 is 0 Å². The number of benzene rings is 1. The monoisotopic (exact) mass is 384 g/mol. The van der Waals surface area contributed by atoms with Gasteiger partial charge in [-0.3, -0.25) is 19.6 Å². The minimum absolute atomic E-state index is 0.0960. The van der Waals surface area contributed by atoms with Crippen LogP contribution in [0.4, 0.5) is 14.7 Å². The fourth-order valence-electron chi connectivity index (χ4n) is 2.87. The number of aromatic nitrogens is 4. The fourth-order valence-corrected chi connectivity index (χ4v) is 2.87. The van der Waals surface area contributed by atoms with Gasteiger partial charge < -0.3 is 4.90 Å². The van der Waals surface area contributed by atoms with Crippen molar-refractivity contribution in [3.05, 3.63) is 60.1 Å². The van der Waals surface area contributed by atoms with Gasteiger partial charge in [0.25, 0.3) is 5.91 Å². The summed E-state index contributed by atoms with van der Waals surface area (Å²) in [5, 5.41) is 6.73. The molecule has 0 unspecified atom stereocenters. The molecule has 28 heavy (non-hydrogen) atoms. The van der Waals surface area contributed by atoms with E-state index in [0.717, 1.165) is 12.4 Å². The van der Waals surface area contributed by atoms with Crippen LogP contribution in [0.2, 0.25) is 0 Å². The average Bonchev–Trinajstić information content (AvgIpc) is 3.19. The van der Waals surface area contributed by atoms with Crippen LogP contribution in [0.1, 0.15) is 10.5 Å². The van der Waals surface area contributed by atoms with Crippen LogP contribution in [0.25, 0.3) is 11.3 Å². The number of carbonyl (C=O) groups is 2. The highest BCUT2D eigenvalue weighted by molar-refractivity contribution is 6.00. The molecule has 3 heterocycles. The number of hydrogen-bond donors (Lipinski definition) is 1. The van der Waals surface area contributed by atoms with Gasteiger partial charge in [-0.25, -0.2) is 18.7 Å². The summed E-state index contributed by atoms with van der Waals surface area (Å²) in [5.74, 6) is -1.62. The Morgan fingerprint density at radius 2 is 1.75 bits per heavy atom. The van der Waals surface area contributed by atoms with Gasteiger partial charge in [-0.1, -0.05) is 0 Å². The first-order chi connectivity index (χ1) is 13.5. The summed E-state index contributed by atoms with van der Waals surface area (Å²) in [6.07, 6.45) is 1.96. The maximum absolute atomic E-state index is 13.0. The molecule has 1 aromatic carbocycles. The van der Waals surface area contributed by atoms with Crippen molar-refractivity contribution >= 4 is 17.8 Å². The number of nitrogens with one attached hydrogen (secondary N) is 1. The van der Waals surface area contributed by atoms with Crippen LogP contribution in [0.5, 0.6) is 0 Å². The number of rotatable bonds is 3. The first-order valence-corrected chi connectivity index (χ1v) is 8.40. The van der Waals surface area contributed by atoms with E-state index in [-0.39, 0.29) is 48.9 Å². The molecular weight excluding hydrogens is 370 g/mol. The predicted molar refractivity (Wildman–Crippen MR) is 94.2 cm³/mol. The predicted octanol–water partition coefficient (Wildman–Crippen LogP) is 1.63. The first-order valence-electron chi connectivity index (χ1n) is 8.40. The lowest BCUT2D eigenvalue weighted by molar-refractivity contribution is -0.120. The molecule has 1 N–H and O–H groups in total. The average molecular weight is 384 g/mol. The largest absolute Gasteiger partial charge is 0.326 e. The summed E-state index contributed by atoms with van der Waals surface area (Å²) in [4.78, 5) is 35.3.